The Bertz CT molecular complexity index is 707. The average Bonchev–Trinajstić information content (AvgIpc) is 3.14. The van der Waals surface area contributed by atoms with Gasteiger partial charge in [0.05, 0.1) is 13.2 Å². The molecule has 2 saturated carbocycles. The molecular formula is C24H34O3. The highest BCUT2D eigenvalue weighted by Gasteiger charge is 2.78. The van der Waals surface area contributed by atoms with E-state index in [1.54, 1.807) is 5.57 Å². The second-order valence-corrected chi connectivity index (χ2v) is 9.94. The van der Waals surface area contributed by atoms with Crippen molar-refractivity contribution in [2.45, 2.75) is 83.2 Å². The van der Waals surface area contributed by atoms with Crippen molar-refractivity contribution in [3.8, 4) is 11.8 Å². The topological polar surface area (TPSA) is 31.0 Å². The van der Waals surface area contributed by atoms with Crippen LogP contribution in [0.5, 0.6) is 0 Å². The number of fused-ring (bicyclic) bond motifs is 1. The lowest BCUT2D eigenvalue weighted by Crippen LogP contribution is -2.51. The first-order valence-electron chi connectivity index (χ1n) is 11.1. The van der Waals surface area contributed by atoms with E-state index in [1.807, 2.05) is 6.92 Å². The molecule has 0 aromatic heterocycles. The van der Waals surface area contributed by atoms with E-state index in [1.165, 1.54) is 6.42 Å². The van der Waals surface area contributed by atoms with E-state index in [0.717, 1.165) is 45.3 Å². The molecule has 2 aliphatic heterocycles. The maximum atomic E-state index is 6.65. The minimum atomic E-state index is -0.352. The van der Waals surface area contributed by atoms with Gasteiger partial charge in [0.1, 0.15) is 11.2 Å². The van der Waals surface area contributed by atoms with Crippen LogP contribution in [0.15, 0.2) is 11.6 Å². The standard InChI is InChI=1S/C24H34O3/c1-5-6-18(16(2)3)19-7-8-21-20(17(19)4)9-10-22-15-23(25-13-14-26-23)11-12-24(21,22)27-22/h8,16-20H,7,9-15H2,1-4H3. The van der Waals surface area contributed by atoms with E-state index in [4.69, 9.17) is 14.2 Å². The third-order valence-electron chi connectivity index (χ3n) is 8.43. The molecule has 5 rings (SSSR count). The molecule has 3 aliphatic carbocycles. The number of allylic oxidation sites excluding steroid dienone is 1. The Morgan fingerprint density at radius 1 is 1.15 bits per heavy atom. The van der Waals surface area contributed by atoms with Gasteiger partial charge in [-0.15, -0.1) is 5.92 Å². The van der Waals surface area contributed by atoms with E-state index in [0.29, 0.717) is 29.6 Å². The van der Waals surface area contributed by atoms with Crippen LogP contribution < -0.4 is 0 Å². The molecule has 2 heterocycles. The summed E-state index contributed by atoms with van der Waals surface area (Å²) in [6, 6.07) is 0. The van der Waals surface area contributed by atoms with Crippen molar-refractivity contribution in [1.82, 2.24) is 0 Å². The summed E-state index contributed by atoms with van der Waals surface area (Å²) in [5.74, 6) is 9.53. The summed E-state index contributed by atoms with van der Waals surface area (Å²) >= 11 is 0. The predicted molar refractivity (Wildman–Crippen MR) is 105 cm³/mol. The summed E-state index contributed by atoms with van der Waals surface area (Å²) in [4.78, 5) is 0. The van der Waals surface area contributed by atoms with Gasteiger partial charge in [-0.3, -0.25) is 0 Å². The molecule has 148 valence electrons. The molecule has 3 nitrogen and oxygen atoms in total. The highest BCUT2D eigenvalue weighted by atomic mass is 16.7. The zero-order valence-corrected chi connectivity index (χ0v) is 17.3. The van der Waals surface area contributed by atoms with E-state index >= 15 is 0 Å². The van der Waals surface area contributed by atoms with Gasteiger partial charge in [-0.05, 0) is 61.9 Å². The minimum absolute atomic E-state index is 0.000527. The monoisotopic (exact) mass is 370 g/mol. The van der Waals surface area contributed by atoms with Crippen LogP contribution in [-0.4, -0.2) is 30.2 Å². The Morgan fingerprint density at radius 3 is 2.63 bits per heavy atom. The Kier molecular flexibility index (Phi) is 4.11. The number of hydrogen-bond donors (Lipinski definition) is 0. The molecule has 0 bridgehead atoms. The molecule has 0 radical (unpaired) electrons. The van der Waals surface area contributed by atoms with Gasteiger partial charge in [0.25, 0.3) is 0 Å². The van der Waals surface area contributed by atoms with Gasteiger partial charge in [-0.2, -0.15) is 0 Å². The zero-order valence-electron chi connectivity index (χ0n) is 17.3. The molecule has 0 amide bonds. The minimum Gasteiger partial charge on any atom is -0.358 e. The number of epoxide rings is 1. The molecule has 1 spiro atoms. The molecule has 0 aromatic carbocycles. The van der Waals surface area contributed by atoms with E-state index in [2.05, 4.69) is 38.7 Å². The fourth-order valence-corrected chi connectivity index (χ4v) is 7.10. The third-order valence-corrected chi connectivity index (χ3v) is 8.43. The van der Waals surface area contributed by atoms with Crippen LogP contribution in [0, 0.1) is 41.4 Å². The van der Waals surface area contributed by atoms with Gasteiger partial charge in [0.2, 0.25) is 0 Å². The van der Waals surface area contributed by atoms with Crippen LogP contribution >= 0.6 is 0 Å². The Morgan fingerprint density at radius 2 is 1.93 bits per heavy atom. The molecule has 0 aromatic rings. The number of hydrogen-bond acceptors (Lipinski definition) is 3. The highest BCUT2D eigenvalue weighted by Crippen LogP contribution is 2.71. The molecular weight excluding hydrogens is 336 g/mol. The number of rotatable bonds is 2. The average molecular weight is 371 g/mol. The molecule has 6 atom stereocenters. The van der Waals surface area contributed by atoms with Gasteiger partial charge in [-0.25, -0.2) is 0 Å². The third kappa shape index (κ3) is 2.46. The maximum Gasteiger partial charge on any atom is 0.171 e. The molecule has 3 heteroatoms. The first-order valence-corrected chi connectivity index (χ1v) is 11.1. The fraction of sp³-hybridized carbons (Fsp3) is 0.833. The first kappa shape index (κ1) is 18.2. The van der Waals surface area contributed by atoms with Crippen molar-refractivity contribution < 1.29 is 14.2 Å². The van der Waals surface area contributed by atoms with Gasteiger partial charge >= 0.3 is 0 Å². The van der Waals surface area contributed by atoms with Crippen LogP contribution in [0.1, 0.15) is 66.2 Å². The largest absolute Gasteiger partial charge is 0.358 e. The van der Waals surface area contributed by atoms with Crippen LogP contribution in [0.4, 0.5) is 0 Å². The van der Waals surface area contributed by atoms with Crippen LogP contribution in [0.2, 0.25) is 0 Å². The molecule has 2 saturated heterocycles. The molecule has 0 N–H and O–H groups in total. The molecule has 6 unspecified atom stereocenters. The van der Waals surface area contributed by atoms with Crippen molar-refractivity contribution in [3.63, 3.8) is 0 Å². The van der Waals surface area contributed by atoms with E-state index < -0.39 is 0 Å². The van der Waals surface area contributed by atoms with Crippen molar-refractivity contribution in [2.24, 2.45) is 29.6 Å². The summed E-state index contributed by atoms with van der Waals surface area (Å²) in [7, 11) is 0. The second kappa shape index (κ2) is 6.09. The molecule has 27 heavy (non-hydrogen) atoms. The summed E-state index contributed by atoms with van der Waals surface area (Å²) < 4.78 is 18.7. The second-order valence-electron chi connectivity index (χ2n) is 9.94. The lowest BCUT2D eigenvalue weighted by atomic mass is 9.55. The molecule has 5 aliphatic rings. The zero-order chi connectivity index (χ0) is 18.9. The molecule has 4 fully saturated rings. The van der Waals surface area contributed by atoms with Gasteiger partial charge in [0.15, 0.2) is 5.79 Å². The predicted octanol–water partition coefficient (Wildman–Crippen LogP) is 4.71. The Hall–Kier alpha value is -0.820. The lowest BCUT2D eigenvalue weighted by Gasteiger charge is -2.48. The highest BCUT2D eigenvalue weighted by molar-refractivity contribution is 5.42. The normalized spacial score (nSPS) is 45.2. The fourth-order valence-electron chi connectivity index (χ4n) is 7.10. The van der Waals surface area contributed by atoms with Gasteiger partial charge < -0.3 is 14.2 Å². The van der Waals surface area contributed by atoms with Crippen molar-refractivity contribution >= 4 is 0 Å². The summed E-state index contributed by atoms with van der Waals surface area (Å²) in [5, 5.41) is 0. The van der Waals surface area contributed by atoms with Crippen molar-refractivity contribution in [1.29, 1.82) is 0 Å². The summed E-state index contributed by atoms with van der Waals surface area (Å²) in [6.45, 7) is 10.6. The van der Waals surface area contributed by atoms with E-state index in [9.17, 15) is 0 Å². The number of ether oxygens (including phenoxy) is 3. The van der Waals surface area contributed by atoms with Gasteiger partial charge in [-0.1, -0.05) is 32.8 Å². The van der Waals surface area contributed by atoms with Crippen molar-refractivity contribution in [3.05, 3.63) is 11.6 Å². The first-order chi connectivity index (χ1) is 13.0. The maximum absolute atomic E-state index is 6.65. The SMILES string of the molecule is CC#CC(C(C)C)C1CC=C2C(CCC34CC5(CCC23O4)OCCO5)C1C. The summed E-state index contributed by atoms with van der Waals surface area (Å²) in [6.07, 6.45) is 9.10. The Balaban J connectivity index is 1.42. The van der Waals surface area contributed by atoms with Crippen LogP contribution in [-0.2, 0) is 14.2 Å². The summed E-state index contributed by atoms with van der Waals surface area (Å²) in [5.41, 5.74) is 1.61. The Labute approximate surface area is 164 Å². The van der Waals surface area contributed by atoms with Crippen molar-refractivity contribution in [2.75, 3.05) is 13.2 Å². The van der Waals surface area contributed by atoms with Crippen LogP contribution in [0.25, 0.3) is 0 Å². The van der Waals surface area contributed by atoms with Crippen LogP contribution in [0.3, 0.4) is 0 Å². The van der Waals surface area contributed by atoms with Gasteiger partial charge in [0, 0.05) is 18.8 Å². The van der Waals surface area contributed by atoms with E-state index in [-0.39, 0.29) is 17.0 Å². The lowest BCUT2D eigenvalue weighted by molar-refractivity contribution is -0.185. The quantitative estimate of drug-likeness (QED) is 0.401. The smallest absolute Gasteiger partial charge is 0.171 e.